The van der Waals surface area contributed by atoms with Gasteiger partial charge in [0, 0.05) is 23.4 Å². The molecular formula is C24H25FN4O. The highest BCUT2D eigenvalue weighted by Crippen LogP contribution is 2.22. The van der Waals surface area contributed by atoms with Gasteiger partial charge in [-0.05, 0) is 75.8 Å². The first kappa shape index (κ1) is 20.0. The zero-order valence-corrected chi connectivity index (χ0v) is 17.2. The summed E-state index contributed by atoms with van der Waals surface area (Å²) >= 11 is 0. The highest BCUT2D eigenvalue weighted by Gasteiger charge is 2.13. The Labute approximate surface area is 175 Å². The van der Waals surface area contributed by atoms with Gasteiger partial charge in [-0.2, -0.15) is 5.10 Å². The zero-order valence-electron chi connectivity index (χ0n) is 17.2. The van der Waals surface area contributed by atoms with Gasteiger partial charge in [0.05, 0.1) is 11.4 Å². The molecule has 4 rings (SSSR count). The highest BCUT2D eigenvalue weighted by atomic mass is 19.1. The van der Waals surface area contributed by atoms with E-state index in [0.29, 0.717) is 5.89 Å². The van der Waals surface area contributed by atoms with Crippen molar-refractivity contribution in [3.63, 3.8) is 0 Å². The predicted octanol–water partition coefficient (Wildman–Crippen LogP) is 5.24. The summed E-state index contributed by atoms with van der Waals surface area (Å²) in [6.07, 6.45) is 1.88. The van der Waals surface area contributed by atoms with Crippen LogP contribution in [0.2, 0.25) is 0 Å². The van der Waals surface area contributed by atoms with E-state index in [4.69, 9.17) is 4.42 Å². The van der Waals surface area contributed by atoms with Crippen molar-refractivity contribution in [2.24, 2.45) is 0 Å². The van der Waals surface area contributed by atoms with E-state index in [1.54, 1.807) is 12.1 Å². The summed E-state index contributed by atoms with van der Waals surface area (Å²) in [7, 11) is 2.09. The largest absolute Gasteiger partial charge is 0.441 e. The van der Waals surface area contributed by atoms with Crippen LogP contribution in [0, 0.1) is 12.7 Å². The third-order valence-corrected chi connectivity index (χ3v) is 5.09. The normalized spacial score (nSPS) is 11.3. The van der Waals surface area contributed by atoms with Gasteiger partial charge >= 0.3 is 0 Å². The number of aromatic amines is 1. The first-order valence-corrected chi connectivity index (χ1v) is 10.1. The molecule has 6 heteroatoms. The van der Waals surface area contributed by atoms with Crippen molar-refractivity contribution in [1.82, 2.24) is 20.1 Å². The number of hydrogen-bond donors (Lipinski definition) is 1. The number of benzene rings is 2. The van der Waals surface area contributed by atoms with Crippen molar-refractivity contribution in [3.8, 4) is 22.7 Å². The minimum atomic E-state index is -0.240. The second-order valence-electron chi connectivity index (χ2n) is 7.51. The maximum absolute atomic E-state index is 13.1. The fourth-order valence-corrected chi connectivity index (χ4v) is 3.41. The van der Waals surface area contributed by atoms with Crippen LogP contribution >= 0.6 is 0 Å². The van der Waals surface area contributed by atoms with Crippen molar-refractivity contribution >= 4 is 0 Å². The van der Waals surface area contributed by atoms with Crippen LogP contribution in [-0.2, 0) is 13.0 Å². The lowest BCUT2D eigenvalue weighted by molar-refractivity contribution is 0.316. The van der Waals surface area contributed by atoms with E-state index in [1.165, 1.54) is 12.1 Å². The molecular weight excluding hydrogens is 379 g/mol. The maximum atomic E-state index is 13.1. The number of aryl methyl sites for hydroxylation is 2. The Morgan fingerprint density at radius 2 is 1.80 bits per heavy atom. The molecule has 2 heterocycles. The summed E-state index contributed by atoms with van der Waals surface area (Å²) in [5.74, 6) is 1.29. The van der Waals surface area contributed by atoms with E-state index in [0.717, 1.165) is 59.9 Å². The van der Waals surface area contributed by atoms with Crippen LogP contribution in [-0.4, -0.2) is 33.7 Å². The van der Waals surface area contributed by atoms with Crippen LogP contribution < -0.4 is 0 Å². The Kier molecular flexibility index (Phi) is 6.05. The number of halogens is 1. The molecule has 0 amide bonds. The molecule has 0 aliphatic rings. The van der Waals surface area contributed by atoms with Crippen molar-refractivity contribution in [3.05, 3.63) is 83.6 Å². The van der Waals surface area contributed by atoms with Crippen LogP contribution in [0.5, 0.6) is 0 Å². The molecule has 2 aromatic carbocycles. The van der Waals surface area contributed by atoms with Gasteiger partial charge < -0.3 is 9.32 Å². The molecule has 0 radical (unpaired) electrons. The maximum Gasteiger partial charge on any atom is 0.226 e. The Hall–Kier alpha value is -3.25. The fourth-order valence-electron chi connectivity index (χ4n) is 3.41. The minimum absolute atomic E-state index is 0.240. The van der Waals surface area contributed by atoms with Gasteiger partial charge in [-0.25, -0.2) is 9.37 Å². The summed E-state index contributed by atoms with van der Waals surface area (Å²) < 4.78 is 18.9. The Bertz CT molecular complexity index is 1090. The molecule has 0 saturated heterocycles. The van der Waals surface area contributed by atoms with Gasteiger partial charge in [0.2, 0.25) is 5.89 Å². The molecule has 0 bridgehead atoms. The number of H-pyrrole nitrogens is 1. The molecule has 154 valence electrons. The zero-order chi connectivity index (χ0) is 20.9. The molecule has 2 aromatic heterocycles. The predicted molar refractivity (Wildman–Crippen MR) is 115 cm³/mol. The molecule has 30 heavy (non-hydrogen) atoms. The third-order valence-electron chi connectivity index (χ3n) is 5.09. The molecule has 0 aliphatic heterocycles. The monoisotopic (exact) mass is 404 g/mol. The van der Waals surface area contributed by atoms with Crippen LogP contribution in [0.15, 0.2) is 65.1 Å². The Balaban J connectivity index is 1.29. The number of aromatic nitrogens is 3. The summed E-state index contributed by atoms with van der Waals surface area (Å²) in [5, 5.41) is 7.42. The molecule has 5 nitrogen and oxygen atoms in total. The van der Waals surface area contributed by atoms with Crippen molar-refractivity contribution in [2.75, 3.05) is 13.6 Å². The topological polar surface area (TPSA) is 58.0 Å². The van der Waals surface area contributed by atoms with Gasteiger partial charge in [-0.1, -0.05) is 18.2 Å². The van der Waals surface area contributed by atoms with E-state index >= 15 is 0 Å². The Morgan fingerprint density at radius 1 is 1.03 bits per heavy atom. The van der Waals surface area contributed by atoms with E-state index in [9.17, 15) is 4.39 Å². The van der Waals surface area contributed by atoms with Crippen LogP contribution in [0.25, 0.3) is 22.7 Å². The number of nitrogens with one attached hydrogen (secondary N) is 1. The summed E-state index contributed by atoms with van der Waals surface area (Å²) in [4.78, 5) is 6.93. The van der Waals surface area contributed by atoms with Crippen LogP contribution in [0.4, 0.5) is 4.39 Å². The minimum Gasteiger partial charge on any atom is -0.441 e. The SMILES string of the molecule is Cc1oc(-c2ccccc2)nc1CN(C)CCCc1cc(-c2ccc(F)cc2)n[nH]1. The third kappa shape index (κ3) is 4.83. The molecule has 0 fully saturated rings. The number of nitrogens with zero attached hydrogens (tertiary/aromatic N) is 3. The number of hydrogen-bond acceptors (Lipinski definition) is 4. The summed E-state index contributed by atoms with van der Waals surface area (Å²) in [6, 6.07) is 18.4. The van der Waals surface area contributed by atoms with Gasteiger partial charge in [-0.15, -0.1) is 0 Å². The standard InChI is InChI=1S/C24H25FN4O/c1-17-23(26-24(30-17)19-7-4-3-5-8-19)16-29(2)14-6-9-21-15-22(28-27-21)18-10-12-20(25)13-11-18/h3-5,7-8,10-13,15H,6,9,14,16H2,1-2H3,(H,27,28). The lowest BCUT2D eigenvalue weighted by Gasteiger charge is -2.14. The van der Waals surface area contributed by atoms with Crippen molar-refractivity contribution in [2.45, 2.75) is 26.3 Å². The highest BCUT2D eigenvalue weighted by molar-refractivity contribution is 5.59. The molecule has 0 saturated carbocycles. The van der Waals surface area contributed by atoms with Gasteiger partial charge in [0.1, 0.15) is 11.6 Å². The lowest BCUT2D eigenvalue weighted by atomic mass is 10.1. The van der Waals surface area contributed by atoms with Crippen LogP contribution in [0.1, 0.15) is 23.6 Å². The number of rotatable bonds is 8. The average Bonchev–Trinajstić information content (AvgIpc) is 3.36. The molecule has 1 N–H and O–H groups in total. The second kappa shape index (κ2) is 9.05. The smallest absolute Gasteiger partial charge is 0.226 e. The van der Waals surface area contributed by atoms with Crippen molar-refractivity contribution < 1.29 is 8.81 Å². The van der Waals surface area contributed by atoms with Gasteiger partial charge in [0.25, 0.3) is 0 Å². The molecule has 0 aliphatic carbocycles. The second-order valence-corrected chi connectivity index (χ2v) is 7.51. The molecule has 0 spiro atoms. The Morgan fingerprint density at radius 3 is 2.57 bits per heavy atom. The first-order valence-electron chi connectivity index (χ1n) is 10.1. The fraction of sp³-hybridized carbons (Fsp3) is 0.250. The van der Waals surface area contributed by atoms with E-state index in [1.807, 2.05) is 43.3 Å². The van der Waals surface area contributed by atoms with Crippen molar-refractivity contribution in [1.29, 1.82) is 0 Å². The van der Waals surface area contributed by atoms with E-state index in [-0.39, 0.29) is 5.82 Å². The summed E-state index contributed by atoms with van der Waals surface area (Å²) in [6.45, 7) is 3.63. The molecule has 0 unspecified atom stereocenters. The summed E-state index contributed by atoms with van der Waals surface area (Å²) in [5.41, 5.74) is 4.78. The van der Waals surface area contributed by atoms with Gasteiger partial charge in [0.15, 0.2) is 0 Å². The average molecular weight is 404 g/mol. The quantitative estimate of drug-likeness (QED) is 0.436. The van der Waals surface area contributed by atoms with E-state index < -0.39 is 0 Å². The van der Waals surface area contributed by atoms with E-state index in [2.05, 4.69) is 27.1 Å². The molecule has 4 aromatic rings. The van der Waals surface area contributed by atoms with Crippen LogP contribution in [0.3, 0.4) is 0 Å². The van der Waals surface area contributed by atoms with Gasteiger partial charge in [-0.3, -0.25) is 5.10 Å². The first-order chi connectivity index (χ1) is 14.6. The number of oxazole rings is 1. The molecule has 0 atom stereocenters. The lowest BCUT2D eigenvalue weighted by Crippen LogP contribution is -2.20.